The van der Waals surface area contributed by atoms with Gasteiger partial charge in [0.05, 0.1) is 5.92 Å². The number of benzene rings is 2. The summed E-state index contributed by atoms with van der Waals surface area (Å²) < 4.78 is 31.7. The van der Waals surface area contributed by atoms with Crippen LogP contribution in [0.15, 0.2) is 60.8 Å². The van der Waals surface area contributed by atoms with Gasteiger partial charge in [0.15, 0.2) is 0 Å². The number of piperidine rings is 1. The third-order valence-corrected chi connectivity index (χ3v) is 6.18. The maximum absolute atomic E-state index is 12.8. The molecule has 1 aromatic heterocycles. The Hall–Kier alpha value is -4.15. The molecule has 0 aliphatic carbocycles. The second-order valence-electron chi connectivity index (χ2n) is 9.21. The number of hydrogen-bond donors (Lipinski definition) is 3. The predicted molar refractivity (Wildman–Crippen MR) is 143 cm³/mol. The number of hydrogen-bond acceptors (Lipinski definition) is 6. The van der Waals surface area contributed by atoms with Crippen LogP contribution in [0, 0.1) is 12.8 Å². The maximum Gasteiger partial charge on any atom is 0.490 e. The van der Waals surface area contributed by atoms with Crippen molar-refractivity contribution in [2.45, 2.75) is 45.8 Å². The molecule has 208 valence electrons. The number of aromatic nitrogens is 2. The molecule has 1 atom stereocenters. The van der Waals surface area contributed by atoms with Gasteiger partial charge in [-0.25, -0.2) is 9.78 Å². The molecule has 1 aliphatic heterocycles. The second kappa shape index (κ2) is 13.6. The standard InChI is InChI=1S/C26H31N5O.C2HF3O2/c1-3-20-6-4-8-23(16-20)29-26-27-14-13-24(30-26)31-15-5-7-22(18-31)25(32)28-17-21-11-9-19(2)10-12-21;3-2(4,5)1(6)7/h4,6,8-14,16,22H,3,5,7,15,17-18H2,1-2H3,(H,28,32)(H,27,29,30);(H,6,7)/t22-;/m0./s1. The molecule has 3 aromatic rings. The highest BCUT2D eigenvalue weighted by Crippen LogP contribution is 2.24. The summed E-state index contributed by atoms with van der Waals surface area (Å²) in [7, 11) is 0. The van der Waals surface area contributed by atoms with Crippen molar-refractivity contribution in [1.29, 1.82) is 0 Å². The zero-order valence-electron chi connectivity index (χ0n) is 21.8. The van der Waals surface area contributed by atoms with Crippen molar-refractivity contribution in [3.8, 4) is 0 Å². The number of carbonyl (C=O) groups excluding carboxylic acids is 1. The van der Waals surface area contributed by atoms with Gasteiger partial charge in [0, 0.05) is 31.5 Å². The topological polar surface area (TPSA) is 107 Å². The van der Waals surface area contributed by atoms with E-state index in [-0.39, 0.29) is 11.8 Å². The molecule has 1 amide bonds. The summed E-state index contributed by atoms with van der Waals surface area (Å²) in [5, 5.41) is 13.5. The van der Waals surface area contributed by atoms with Crippen LogP contribution in [-0.4, -0.2) is 46.2 Å². The predicted octanol–water partition coefficient (Wildman–Crippen LogP) is 5.26. The SMILES string of the molecule is CCc1cccc(Nc2nccc(N3CCC[C@H](C(=O)NCc4ccc(C)cc4)C3)n2)c1.O=C(O)C(F)(F)F. The normalized spacial score (nSPS) is 15.1. The van der Waals surface area contributed by atoms with Crippen LogP contribution < -0.4 is 15.5 Å². The molecule has 1 fully saturated rings. The van der Waals surface area contributed by atoms with E-state index < -0.39 is 12.1 Å². The van der Waals surface area contributed by atoms with E-state index in [0.29, 0.717) is 19.0 Å². The molecule has 11 heteroatoms. The number of carboxylic acids is 1. The van der Waals surface area contributed by atoms with E-state index in [0.717, 1.165) is 42.9 Å². The molecule has 3 N–H and O–H groups in total. The van der Waals surface area contributed by atoms with Gasteiger partial charge in [-0.1, -0.05) is 48.9 Å². The molecule has 2 heterocycles. The molecule has 4 rings (SSSR count). The zero-order valence-corrected chi connectivity index (χ0v) is 21.8. The smallest absolute Gasteiger partial charge is 0.475 e. The van der Waals surface area contributed by atoms with Gasteiger partial charge in [-0.05, 0) is 55.5 Å². The molecule has 0 spiro atoms. The summed E-state index contributed by atoms with van der Waals surface area (Å²) in [6.07, 6.45) is -0.461. The molecule has 1 aliphatic rings. The largest absolute Gasteiger partial charge is 0.490 e. The lowest BCUT2D eigenvalue weighted by atomic mass is 9.97. The zero-order chi connectivity index (χ0) is 28.4. The van der Waals surface area contributed by atoms with Crippen LogP contribution in [0.2, 0.25) is 0 Å². The quantitative estimate of drug-likeness (QED) is 0.373. The van der Waals surface area contributed by atoms with Crippen molar-refractivity contribution in [2.75, 3.05) is 23.3 Å². The van der Waals surface area contributed by atoms with Gasteiger partial charge in [-0.15, -0.1) is 0 Å². The Bertz CT molecular complexity index is 1250. The van der Waals surface area contributed by atoms with Gasteiger partial charge in [-0.3, -0.25) is 4.79 Å². The average molecular weight is 544 g/mol. The number of anilines is 3. The maximum atomic E-state index is 12.8. The first-order chi connectivity index (χ1) is 18.5. The molecule has 0 saturated carbocycles. The summed E-state index contributed by atoms with van der Waals surface area (Å²) in [6.45, 7) is 6.33. The van der Waals surface area contributed by atoms with E-state index >= 15 is 0 Å². The first kappa shape index (κ1) is 29.4. The highest BCUT2D eigenvalue weighted by atomic mass is 19.4. The highest BCUT2D eigenvalue weighted by molar-refractivity contribution is 5.79. The van der Waals surface area contributed by atoms with E-state index in [1.807, 2.05) is 18.2 Å². The number of halogens is 3. The third kappa shape index (κ3) is 9.27. The number of aryl methyl sites for hydroxylation is 2. The van der Waals surface area contributed by atoms with Crippen molar-refractivity contribution >= 4 is 29.3 Å². The molecule has 2 aromatic carbocycles. The Kier molecular flexibility index (Phi) is 10.2. The molecule has 0 bridgehead atoms. The van der Waals surface area contributed by atoms with Crippen LogP contribution in [0.25, 0.3) is 0 Å². The number of alkyl halides is 3. The minimum absolute atomic E-state index is 0.0400. The van der Waals surface area contributed by atoms with Gasteiger partial charge < -0.3 is 20.6 Å². The van der Waals surface area contributed by atoms with E-state index in [1.54, 1.807) is 6.20 Å². The van der Waals surface area contributed by atoms with Crippen LogP contribution in [0.1, 0.15) is 36.5 Å². The van der Waals surface area contributed by atoms with Gasteiger partial charge in [0.2, 0.25) is 11.9 Å². The number of nitrogens with zero attached hydrogens (tertiary/aromatic N) is 3. The summed E-state index contributed by atoms with van der Waals surface area (Å²) in [5.41, 5.74) is 4.59. The molecular formula is C28H32F3N5O3. The minimum atomic E-state index is -5.08. The van der Waals surface area contributed by atoms with Crippen molar-refractivity contribution in [3.63, 3.8) is 0 Å². The minimum Gasteiger partial charge on any atom is -0.475 e. The van der Waals surface area contributed by atoms with Crippen molar-refractivity contribution in [1.82, 2.24) is 15.3 Å². The summed E-state index contributed by atoms with van der Waals surface area (Å²) in [4.78, 5) is 33.0. The fraction of sp³-hybridized carbons (Fsp3) is 0.357. The second-order valence-corrected chi connectivity index (χ2v) is 9.21. The van der Waals surface area contributed by atoms with E-state index in [9.17, 15) is 18.0 Å². The molecule has 0 radical (unpaired) electrons. The lowest BCUT2D eigenvalue weighted by Gasteiger charge is -2.33. The number of carboxylic acid groups (broad SMARTS) is 1. The van der Waals surface area contributed by atoms with Crippen LogP contribution in [0.3, 0.4) is 0 Å². The van der Waals surface area contributed by atoms with E-state index in [1.165, 1.54) is 11.1 Å². The fourth-order valence-electron chi connectivity index (χ4n) is 4.02. The van der Waals surface area contributed by atoms with E-state index in [2.05, 4.69) is 70.8 Å². The van der Waals surface area contributed by atoms with Crippen LogP contribution in [0.4, 0.5) is 30.6 Å². The first-order valence-corrected chi connectivity index (χ1v) is 12.6. The van der Waals surface area contributed by atoms with Crippen LogP contribution >= 0.6 is 0 Å². The van der Waals surface area contributed by atoms with Gasteiger partial charge in [0.25, 0.3) is 0 Å². The molecule has 1 saturated heterocycles. The third-order valence-electron chi connectivity index (χ3n) is 6.18. The molecule has 8 nitrogen and oxygen atoms in total. The Balaban J connectivity index is 0.000000532. The summed E-state index contributed by atoms with van der Waals surface area (Å²) in [6, 6.07) is 18.5. The number of aliphatic carboxylic acids is 1. The number of nitrogens with one attached hydrogen (secondary N) is 2. The first-order valence-electron chi connectivity index (χ1n) is 12.6. The number of carbonyl (C=O) groups is 2. The molecule has 39 heavy (non-hydrogen) atoms. The van der Waals surface area contributed by atoms with Crippen LogP contribution in [-0.2, 0) is 22.6 Å². The number of rotatable bonds is 7. The van der Waals surface area contributed by atoms with Crippen LogP contribution in [0.5, 0.6) is 0 Å². The van der Waals surface area contributed by atoms with Gasteiger partial charge in [0.1, 0.15) is 5.82 Å². The van der Waals surface area contributed by atoms with Gasteiger partial charge >= 0.3 is 12.1 Å². The summed E-state index contributed by atoms with van der Waals surface area (Å²) >= 11 is 0. The van der Waals surface area contributed by atoms with Crippen molar-refractivity contribution < 1.29 is 27.9 Å². The monoisotopic (exact) mass is 543 g/mol. The van der Waals surface area contributed by atoms with E-state index in [4.69, 9.17) is 14.9 Å². The average Bonchev–Trinajstić information content (AvgIpc) is 2.93. The Morgan fingerprint density at radius 1 is 1.10 bits per heavy atom. The lowest BCUT2D eigenvalue weighted by molar-refractivity contribution is -0.192. The van der Waals surface area contributed by atoms with Crippen molar-refractivity contribution in [3.05, 3.63) is 77.5 Å². The Morgan fingerprint density at radius 2 is 1.82 bits per heavy atom. The lowest BCUT2D eigenvalue weighted by Crippen LogP contribution is -2.43. The summed E-state index contributed by atoms with van der Waals surface area (Å²) in [5.74, 6) is -1.26. The fourth-order valence-corrected chi connectivity index (χ4v) is 4.02. The highest BCUT2D eigenvalue weighted by Gasteiger charge is 2.38. The molecular weight excluding hydrogens is 511 g/mol. The van der Waals surface area contributed by atoms with Gasteiger partial charge in [-0.2, -0.15) is 18.2 Å². The number of amides is 1. The Morgan fingerprint density at radius 3 is 2.49 bits per heavy atom. The molecule has 0 unspecified atom stereocenters. The van der Waals surface area contributed by atoms with Crippen molar-refractivity contribution in [2.24, 2.45) is 5.92 Å². The Labute approximate surface area is 225 Å².